The normalized spacial score (nSPS) is 28.4. The lowest BCUT2D eigenvalue weighted by atomic mass is 9.90. The maximum absolute atomic E-state index is 6.09. The van der Waals surface area contributed by atoms with Gasteiger partial charge in [-0.3, -0.25) is 4.99 Å². The van der Waals surface area contributed by atoms with Gasteiger partial charge in [-0.15, -0.1) is 0 Å². The second-order valence-electron chi connectivity index (χ2n) is 5.91. The van der Waals surface area contributed by atoms with Gasteiger partial charge in [0.2, 0.25) is 0 Å². The van der Waals surface area contributed by atoms with E-state index in [-0.39, 0.29) is 5.54 Å². The molecule has 0 bridgehead atoms. The van der Waals surface area contributed by atoms with Gasteiger partial charge in [0.1, 0.15) is 13.2 Å². The van der Waals surface area contributed by atoms with Crippen molar-refractivity contribution >= 4 is 5.96 Å². The van der Waals surface area contributed by atoms with Gasteiger partial charge in [-0.05, 0) is 37.5 Å². The van der Waals surface area contributed by atoms with Crippen LogP contribution in [-0.4, -0.2) is 36.7 Å². The molecule has 0 aromatic heterocycles. The molecule has 1 atom stereocenters. The summed E-state index contributed by atoms with van der Waals surface area (Å²) in [4.78, 5) is 6.74. The molecule has 4 rings (SSSR count). The zero-order valence-electron chi connectivity index (χ0n) is 11.6. The van der Waals surface area contributed by atoms with Crippen LogP contribution in [0, 0.1) is 0 Å². The van der Waals surface area contributed by atoms with Crippen LogP contribution in [0.2, 0.25) is 0 Å². The van der Waals surface area contributed by atoms with E-state index in [0.29, 0.717) is 31.8 Å². The molecular formula is C15H19N3O2. The molecule has 1 unspecified atom stereocenters. The summed E-state index contributed by atoms with van der Waals surface area (Å²) in [5, 5.41) is 0. The molecule has 2 N–H and O–H groups in total. The standard InChI is InChI=1S/C15H19N3O2/c1-15(9-17-14(16)18(15)11-3-4-11)10-2-5-12-13(8-10)20-7-6-19-12/h2,5,8,11H,3-4,6-7,9H2,1H3,(H2,16,17). The van der Waals surface area contributed by atoms with Gasteiger partial charge in [-0.1, -0.05) is 6.07 Å². The molecule has 2 aliphatic heterocycles. The van der Waals surface area contributed by atoms with Gasteiger partial charge in [0, 0.05) is 6.04 Å². The number of ether oxygens (including phenoxy) is 2. The van der Waals surface area contributed by atoms with Crippen molar-refractivity contribution in [2.75, 3.05) is 19.8 Å². The molecule has 2 heterocycles. The van der Waals surface area contributed by atoms with Crippen molar-refractivity contribution in [3.8, 4) is 11.5 Å². The highest BCUT2D eigenvalue weighted by Gasteiger charge is 2.47. The van der Waals surface area contributed by atoms with Crippen LogP contribution in [0.3, 0.4) is 0 Å². The van der Waals surface area contributed by atoms with Crippen molar-refractivity contribution in [3.63, 3.8) is 0 Å². The maximum Gasteiger partial charge on any atom is 0.192 e. The van der Waals surface area contributed by atoms with Crippen LogP contribution >= 0.6 is 0 Å². The van der Waals surface area contributed by atoms with E-state index in [1.807, 2.05) is 6.07 Å². The molecule has 1 aromatic carbocycles. The Balaban J connectivity index is 1.72. The zero-order chi connectivity index (χ0) is 13.7. The van der Waals surface area contributed by atoms with Crippen molar-refractivity contribution in [1.29, 1.82) is 0 Å². The van der Waals surface area contributed by atoms with Crippen molar-refractivity contribution in [1.82, 2.24) is 4.90 Å². The summed E-state index contributed by atoms with van der Waals surface area (Å²) in [5.74, 6) is 2.33. The molecule has 106 valence electrons. The number of guanidine groups is 1. The predicted octanol–water partition coefficient (Wildman–Crippen LogP) is 1.47. The number of hydrogen-bond acceptors (Lipinski definition) is 5. The first-order chi connectivity index (χ1) is 9.68. The molecule has 3 aliphatic rings. The summed E-state index contributed by atoms with van der Waals surface area (Å²) in [6.07, 6.45) is 2.41. The summed E-state index contributed by atoms with van der Waals surface area (Å²) < 4.78 is 11.3. The second kappa shape index (κ2) is 4.04. The van der Waals surface area contributed by atoms with Gasteiger partial charge in [0.25, 0.3) is 0 Å². The van der Waals surface area contributed by atoms with Crippen molar-refractivity contribution in [2.24, 2.45) is 10.7 Å². The fraction of sp³-hybridized carbons (Fsp3) is 0.533. The smallest absolute Gasteiger partial charge is 0.192 e. The van der Waals surface area contributed by atoms with Crippen LogP contribution in [-0.2, 0) is 5.54 Å². The van der Waals surface area contributed by atoms with Crippen LogP contribution in [0.5, 0.6) is 11.5 Å². The van der Waals surface area contributed by atoms with E-state index in [0.717, 1.165) is 11.5 Å². The summed E-state index contributed by atoms with van der Waals surface area (Å²) in [6.45, 7) is 4.14. The fourth-order valence-corrected chi connectivity index (χ4v) is 3.17. The minimum atomic E-state index is -0.166. The molecule has 1 fully saturated rings. The highest BCUT2D eigenvalue weighted by Crippen LogP contribution is 2.43. The summed E-state index contributed by atoms with van der Waals surface area (Å²) in [5.41, 5.74) is 7.12. The average Bonchev–Trinajstić information content (AvgIpc) is 3.25. The number of rotatable bonds is 2. The Hall–Kier alpha value is -1.91. The lowest BCUT2D eigenvalue weighted by molar-refractivity contribution is 0.169. The first kappa shape index (κ1) is 11.9. The number of fused-ring (bicyclic) bond motifs is 1. The van der Waals surface area contributed by atoms with Crippen molar-refractivity contribution < 1.29 is 9.47 Å². The molecular weight excluding hydrogens is 254 g/mol. The van der Waals surface area contributed by atoms with Gasteiger partial charge in [-0.2, -0.15) is 0 Å². The summed E-state index contributed by atoms with van der Waals surface area (Å²) in [6, 6.07) is 6.73. The van der Waals surface area contributed by atoms with Gasteiger partial charge < -0.3 is 20.1 Å². The highest BCUT2D eigenvalue weighted by atomic mass is 16.6. The van der Waals surface area contributed by atoms with E-state index >= 15 is 0 Å². The Morgan fingerprint density at radius 1 is 1.25 bits per heavy atom. The SMILES string of the molecule is CC1(c2ccc3c(c2)OCCO3)CN=C(N)N1C1CC1. The topological polar surface area (TPSA) is 60.1 Å². The molecule has 20 heavy (non-hydrogen) atoms. The predicted molar refractivity (Wildman–Crippen MR) is 76.1 cm³/mol. The lowest BCUT2D eigenvalue weighted by Gasteiger charge is -2.37. The first-order valence-electron chi connectivity index (χ1n) is 7.18. The number of hydrogen-bond donors (Lipinski definition) is 1. The molecule has 1 saturated carbocycles. The molecule has 0 spiro atoms. The summed E-state index contributed by atoms with van der Waals surface area (Å²) >= 11 is 0. The Morgan fingerprint density at radius 2 is 2.00 bits per heavy atom. The molecule has 1 aromatic rings. The first-order valence-corrected chi connectivity index (χ1v) is 7.18. The third-order valence-corrected chi connectivity index (χ3v) is 4.40. The van der Waals surface area contributed by atoms with E-state index in [1.54, 1.807) is 0 Å². The van der Waals surface area contributed by atoms with Gasteiger partial charge in [0.15, 0.2) is 17.5 Å². The molecule has 0 saturated heterocycles. The third-order valence-electron chi connectivity index (χ3n) is 4.40. The van der Waals surface area contributed by atoms with Crippen LogP contribution in [0.1, 0.15) is 25.3 Å². The number of benzene rings is 1. The van der Waals surface area contributed by atoms with Gasteiger partial charge in [0.05, 0.1) is 12.1 Å². The Morgan fingerprint density at radius 3 is 2.75 bits per heavy atom. The number of nitrogens with zero attached hydrogens (tertiary/aromatic N) is 2. The van der Waals surface area contributed by atoms with E-state index in [4.69, 9.17) is 15.2 Å². The Labute approximate surface area is 118 Å². The van der Waals surface area contributed by atoms with Gasteiger partial charge in [-0.25, -0.2) is 0 Å². The Kier molecular flexibility index (Phi) is 2.40. The zero-order valence-corrected chi connectivity index (χ0v) is 11.6. The van der Waals surface area contributed by atoms with Crippen LogP contribution in [0.15, 0.2) is 23.2 Å². The highest BCUT2D eigenvalue weighted by molar-refractivity contribution is 5.82. The van der Waals surface area contributed by atoms with Crippen LogP contribution in [0.25, 0.3) is 0 Å². The van der Waals surface area contributed by atoms with Crippen LogP contribution < -0.4 is 15.2 Å². The fourth-order valence-electron chi connectivity index (χ4n) is 3.17. The molecule has 5 nitrogen and oxygen atoms in total. The minimum Gasteiger partial charge on any atom is -0.486 e. The third kappa shape index (κ3) is 1.65. The number of nitrogens with two attached hydrogens (primary N) is 1. The second-order valence-corrected chi connectivity index (χ2v) is 5.91. The van der Waals surface area contributed by atoms with Gasteiger partial charge >= 0.3 is 0 Å². The van der Waals surface area contributed by atoms with E-state index in [1.165, 1.54) is 18.4 Å². The monoisotopic (exact) mass is 273 g/mol. The lowest BCUT2D eigenvalue weighted by Crippen LogP contribution is -2.48. The van der Waals surface area contributed by atoms with E-state index in [9.17, 15) is 0 Å². The van der Waals surface area contributed by atoms with Crippen molar-refractivity contribution in [3.05, 3.63) is 23.8 Å². The van der Waals surface area contributed by atoms with Crippen LogP contribution in [0.4, 0.5) is 0 Å². The molecule has 0 amide bonds. The summed E-state index contributed by atoms with van der Waals surface area (Å²) in [7, 11) is 0. The largest absolute Gasteiger partial charge is 0.486 e. The number of aliphatic imine (C=N–C) groups is 1. The molecule has 0 radical (unpaired) electrons. The Bertz CT molecular complexity index is 582. The van der Waals surface area contributed by atoms with Crippen molar-refractivity contribution in [2.45, 2.75) is 31.3 Å². The molecule has 1 aliphatic carbocycles. The van der Waals surface area contributed by atoms with E-state index < -0.39 is 0 Å². The maximum atomic E-state index is 6.09. The average molecular weight is 273 g/mol. The minimum absolute atomic E-state index is 0.166. The molecule has 5 heteroatoms. The van der Waals surface area contributed by atoms with E-state index in [2.05, 4.69) is 28.9 Å². The quantitative estimate of drug-likeness (QED) is 0.886.